The molecule has 6 nitrogen and oxygen atoms in total. The Bertz CT molecular complexity index is 965. The van der Waals surface area contributed by atoms with E-state index in [1.165, 1.54) is 7.11 Å². The van der Waals surface area contributed by atoms with Crippen molar-refractivity contribution in [1.29, 1.82) is 0 Å². The first-order chi connectivity index (χ1) is 14.5. The van der Waals surface area contributed by atoms with Gasteiger partial charge in [0.2, 0.25) is 5.91 Å². The molecule has 0 heterocycles. The number of carbonyl (C=O) groups excluding carboxylic acids is 1. The minimum Gasteiger partial charge on any atom is -0.504 e. The lowest BCUT2D eigenvalue weighted by atomic mass is 9.90. The molecule has 3 rings (SSSR count). The highest BCUT2D eigenvalue weighted by Crippen LogP contribution is 2.30. The molecule has 3 N–H and O–H groups in total. The smallest absolute Gasteiger partial charge is 0.326 e. The molecule has 0 aliphatic rings. The number of hydrogen-bond donors (Lipinski definition) is 3. The molecule has 0 aliphatic carbocycles. The standard InChI is InChI=1S/C24H23NO5/c1-30-20-14-8-13-18(22(20)26)15-19(24(28)29)25-23(27)21(16-9-4-2-5-10-16)17-11-6-3-7-12-17/h2-14,19,21,26H,15H2,1H3,(H,25,27)(H,28,29)/t19-/m1/s1. The summed E-state index contributed by atoms with van der Waals surface area (Å²) in [6.07, 6.45) is -0.0829. The van der Waals surface area contributed by atoms with Gasteiger partial charge in [0.25, 0.3) is 0 Å². The summed E-state index contributed by atoms with van der Waals surface area (Å²) in [5.41, 5.74) is 1.89. The average molecular weight is 405 g/mol. The first-order valence-electron chi connectivity index (χ1n) is 9.49. The number of phenolic OH excluding ortho intramolecular Hbond substituents is 1. The minimum absolute atomic E-state index is 0.0829. The fourth-order valence-corrected chi connectivity index (χ4v) is 3.36. The predicted octanol–water partition coefficient (Wildman–Crippen LogP) is 3.34. The molecule has 30 heavy (non-hydrogen) atoms. The number of carbonyl (C=O) groups is 2. The van der Waals surface area contributed by atoms with Crippen molar-refractivity contribution < 1.29 is 24.5 Å². The summed E-state index contributed by atoms with van der Waals surface area (Å²) < 4.78 is 5.08. The maximum absolute atomic E-state index is 13.2. The van der Waals surface area contributed by atoms with Crippen molar-refractivity contribution in [2.45, 2.75) is 18.4 Å². The Hall–Kier alpha value is -3.80. The molecule has 1 amide bonds. The van der Waals surface area contributed by atoms with Crippen molar-refractivity contribution in [1.82, 2.24) is 5.32 Å². The molecule has 0 saturated heterocycles. The highest BCUT2D eigenvalue weighted by Gasteiger charge is 2.28. The second-order valence-corrected chi connectivity index (χ2v) is 6.83. The summed E-state index contributed by atoms with van der Waals surface area (Å²) in [4.78, 5) is 25.1. The molecule has 0 spiro atoms. The predicted molar refractivity (Wildman–Crippen MR) is 113 cm³/mol. The van der Waals surface area contributed by atoms with E-state index in [0.717, 1.165) is 11.1 Å². The van der Waals surface area contributed by atoms with Gasteiger partial charge in [0.1, 0.15) is 6.04 Å². The van der Waals surface area contributed by atoms with E-state index < -0.39 is 23.8 Å². The van der Waals surface area contributed by atoms with Crippen molar-refractivity contribution in [3.05, 3.63) is 95.6 Å². The van der Waals surface area contributed by atoms with E-state index in [4.69, 9.17) is 4.74 Å². The minimum atomic E-state index is -1.22. The molecule has 3 aromatic rings. The van der Waals surface area contributed by atoms with Crippen LogP contribution in [0, 0.1) is 0 Å². The molecule has 0 radical (unpaired) electrons. The van der Waals surface area contributed by atoms with Gasteiger partial charge in [0, 0.05) is 12.0 Å². The molecule has 3 aromatic carbocycles. The van der Waals surface area contributed by atoms with Crippen LogP contribution >= 0.6 is 0 Å². The van der Waals surface area contributed by atoms with Crippen molar-refractivity contribution in [2.75, 3.05) is 7.11 Å². The summed E-state index contributed by atoms with van der Waals surface area (Å²) in [6, 6.07) is 22.0. The van der Waals surface area contributed by atoms with Crippen LogP contribution < -0.4 is 10.1 Å². The summed E-state index contributed by atoms with van der Waals surface area (Å²) in [5, 5.41) is 22.6. The van der Waals surface area contributed by atoms with Crippen LogP contribution in [0.2, 0.25) is 0 Å². The van der Waals surface area contributed by atoms with Gasteiger partial charge in [-0.05, 0) is 17.2 Å². The third-order valence-corrected chi connectivity index (χ3v) is 4.87. The number of benzene rings is 3. The van der Waals surface area contributed by atoms with E-state index in [1.807, 2.05) is 60.7 Å². The maximum atomic E-state index is 13.2. The Morgan fingerprint density at radius 3 is 1.97 bits per heavy atom. The fourth-order valence-electron chi connectivity index (χ4n) is 3.36. The number of amides is 1. The quantitative estimate of drug-likeness (QED) is 0.534. The van der Waals surface area contributed by atoms with E-state index >= 15 is 0 Å². The van der Waals surface area contributed by atoms with Crippen molar-refractivity contribution in [2.24, 2.45) is 0 Å². The van der Waals surface area contributed by atoms with Crippen molar-refractivity contribution in [3.63, 3.8) is 0 Å². The molecule has 6 heteroatoms. The SMILES string of the molecule is COc1cccc(C[C@@H](NC(=O)C(c2ccccc2)c2ccccc2)C(=O)O)c1O. The van der Waals surface area contributed by atoms with Crippen molar-refractivity contribution in [3.8, 4) is 11.5 Å². The Balaban J connectivity index is 1.88. The number of phenols is 1. The lowest BCUT2D eigenvalue weighted by Gasteiger charge is -2.22. The van der Waals surface area contributed by atoms with Gasteiger partial charge < -0.3 is 20.3 Å². The topological polar surface area (TPSA) is 95.9 Å². The molecule has 154 valence electrons. The van der Waals surface area contributed by atoms with Gasteiger partial charge in [0.15, 0.2) is 11.5 Å². The maximum Gasteiger partial charge on any atom is 0.326 e. The van der Waals surface area contributed by atoms with Gasteiger partial charge in [-0.1, -0.05) is 72.8 Å². The second kappa shape index (κ2) is 9.60. The number of para-hydroxylation sites is 1. The number of aliphatic carboxylic acids is 1. The number of methoxy groups -OCH3 is 1. The zero-order valence-electron chi connectivity index (χ0n) is 16.5. The van der Waals surface area contributed by atoms with E-state index in [1.54, 1.807) is 18.2 Å². The molecular formula is C24H23NO5. The third kappa shape index (κ3) is 4.78. The molecule has 0 bridgehead atoms. The molecule has 0 unspecified atom stereocenters. The summed E-state index contributed by atoms with van der Waals surface area (Å²) in [6.45, 7) is 0. The van der Waals surface area contributed by atoms with Crippen LogP contribution in [0.15, 0.2) is 78.9 Å². The first-order valence-corrected chi connectivity index (χ1v) is 9.49. The van der Waals surface area contributed by atoms with Gasteiger partial charge in [-0.2, -0.15) is 0 Å². The summed E-state index contributed by atoms with van der Waals surface area (Å²) >= 11 is 0. The van der Waals surface area contributed by atoms with Gasteiger partial charge in [-0.3, -0.25) is 4.79 Å². The number of aromatic hydroxyl groups is 1. The number of nitrogens with one attached hydrogen (secondary N) is 1. The molecule has 1 atom stereocenters. The van der Waals surface area contributed by atoms with Crippen LogP contribution in [0.25, 0.3) is 0 Å². The van der Waals surface area contributed by atoms with Crippen LogP contribution in [0.3, 0.4) is 0 Å². The zero-order chi connectivity index (χ0) is 21.5. The number of carboxylic acids is 1. The van der Waals surface area contributed by atoms with E-state index in [2.05, 4.69) is 5.32 Å². The molecule has 0 aromatic heterocycles. The Kier molecular flexibility index (Phi) is 6.70. The Morgan fingerprint density at radius 2 is 1.47 bits per heavy atom. The van der Waals surface area contributed by atoms with Gasteiger partial charge in [-0.15, -0.1) is 0 Å². The molecule has 0 fully saturated rings. The molecular weight excluding hydrogens is 382 g/mol. The highest BCUT2D eigenvalue weighted by molar-refractivity contribution is 5.90. The van der Waals surface area contributed by atoms with Gasteiger partial charge in [-0.25, -0.2) is 4.79 Å². The van der Waals surface area contributed by atoms with Gasteiger partial charge in [0.05, 0.1) is 13.0 Å². The number of rotatable bonds is 8. The van der Waals surface area contributed by atoms with Crippen LogP contribution in [-0.2, 0) is 16.0 Å². The average Bonchev–Trinajstić information content (AvgIpc) is 2.76. The van der Waals surface area contributed by atoms with E-state index in [-0.39, 0.29) is 17.9 Å². The lowest BCUT2D eigenvalue weighted by molar-refractivity contribution is -0.141. The van der Waals surface area contributed by atoms with E-state index in [0.29, 0.717) is 5.56 Å². The number of hydrogen-bond acceptors (Lipinski definition) is 4. The Morgan fingerprint density at radius 1 is 0.900 bits per heavy atom. The number of ether oxygens (including phenoxy) is 1. The van der Waals surface area contributed by atoms with E-state index in [9.17, 15) is 19.8 Å². The largest absolute Gasteiger partial charge is 0.504 e. The fraction of sp³-hybridized carbons (Fsp3) is 0.167. The van der Waals surface area contributed by atoms with Crippen LogP contribution in [0.5, 0.6) is 11.5 Å². The van der Waals surface area contributed by atoms with Gasteiger partial charge >= 0.3 is 5.97 Å². The monoisotopic (exact) mass is 405 g/mol. The van der Waals surface area contributed by atoms with Crippen LogP contribution in [0.1, 0.15) is 22.6 Å². The number of carboxylic acid groups (broad SMARTS) is 1. The van der Waals surface area contributed by atoms with Crippen LogP contribution in [0.4, 0.5) is 0 Å². The van der Waals surface area contributed by atoms with Crippen LogP contribution in [-0.4, -0.2) is 35.2 Å². The molecule has 0 aliphatic heterocycles. The first kappa shape index (κ1) is 20.9. The summed E-state index contributed by atoms with van der Waals surface area (Å²) in [7, 11) is 1.42. The normalized spacial score (nSPS) is 11.7. The zero-order valence-corrected chi connectivity index (χ0v) is 16.5. The molecule has 0 saturated carbocycles. The lowest BCUT2D eigenvalue weighted by Crippen LogP contribution is -2.44. The van der Waals surface area contributed by atoms with Crippen molar-refractivity contribution >= 4 is 11.9 Å². The third-order valence-electron chi connectivity index (χ3n) is 4.87. The summed E-state index contributed by atoms with van der Waals surface area (Å²) in [5.74, 6) is -2.17. The Labute approximate surface area is 174 Å². The highest BCUT2D eigenvalue weighted by atomic mass is 16.5. The second-order valence-electron chi connectivity index (χ2n) is 6.83.